The summed E-state index contributed by atoms with van der Waals surface area (Å²) in [6.45, 7) is 17.5. The molecule has 0 aromatic carbocycles. The summed E-state index contributed by atoms with van der Waals surface area (Å²) < 4.78 is 13.1. The lowest BCUT2D eigenvalue weighted by Crippen LogP contribution is -2.56. The van der Waals surface area contributed by atoms with Crippen LogP contribution in [0.1, 0.15) is 113 Å². The molecule has 0 amide bonds. The van der Waals surface area contributed by atoms with Crippen molar-refractivity contribution < 1.29 is 24.8 Å². The average Bonchev–Trinajstić information content (AvgIpc) is 3.30. The fourth-order valence-corrected chi connectivity index (χ4v) is 9.93. The number of hydrogen-bond acceptors (Lipinski definition) is 5. The minimum Gasteiger partial charge on any atom is -0.390 e. The van der Waals surface area contributed by atoms with Crippen LogP contribution in [0.4, 0.5) is 0 Å². The Morgan fingerprint density at radius 1 is 0.686 bits per heavy atom. The Morgan fingerprint density at radius 3 is 2.00 bits per heavy atom. The van der Waals surface area contributed by atoms with E-state index in [9.17, 15) is 15.3 Å². The van der Waals surface area contributed by atoms with Crippen molar-refractivity contribution >= 4 is 0 Å². The van der Waals surface area contributed by atoms with Crippen LogP contribution < -0.4 is 0 Å². The molecule has 5 rings (SSSR count). The highest BCUT2D eigenvalue weighted by molar-refractivity contribution is 5.17. The third-order valence-electron chi connectivity index (χ3n) is 12.4. The van der Waals surface area contributed by atoms with Gasteiger partial charge in [-0.05, 0) is 127 Å². The number of epoxide rings is 1. The Balaban J connectivity index is 1.42. The predicted molar refractivity (Wildman–Crippen MR) is 137 cm³/mol. The van der Waals surface area contributed by atoms with Crippen LogP contribution in [0.15, 0.2) is 0 Å². The molecule has 2 saturated heterocycles. The van der Waals surface area contributed by atoms with Gasteiger partial charge in [0.2, 0.25) is 0 Å². The Bertz CT molecular complexity index is 833. The van der Waals surface area contributed by atoms with Crippen LogP contribution in [-0.4, -0.2) is 56.0 Å². The second-order valence-electron chi connectivity index (χ2n) is 15.3. The number of aliphatic hydroxyl groups is 3. The summed E-state index contributed by atoms with van der Waals surface area (Å²) >= 11 is 0. The van der Waals surface area contributed by atoms with Crippen LogP contribution in [-0.2, 0) is 9.47 Å². The van der Waals surface area contributed by atoms with E-state index >= 15 is 0 Å². The highest BCUT2D eigenvalue weighted by Crippen LogP contribution is 2.66. The van der Waals surface area contributed by atoms with E-state index in [0.717, 1.165) is 51.4 Å². The Kier molecular flexibility index (Phi) is 5.97. The van der Waals surface area contributed by atoms with E-state index in [4.69, 9.17) is 9.47 Å². The van der Waals surface area contributed by atoms with Crippen LogP contribution in [0.3, 0.4) is 0 Å². The van der Waals surface area contributed by atoms with Gasteiger partial charge < -0.3 is 24.8 Å². The van der Waals surface area contributed by atoms with Crippen molar-refractivity contribution in [1.82, 2.24) is 0 Å². The largest absolute Gasteiger partial charge is 0.390 e. The van der Waals surface area contributed by atoms with Crippen LogP contribution in [0.5, 0.6) is 0 Å². The summed E-state index contributed by atoms with van der Waals surface area (Å²) in [7, 11) is 0. The van der Waals surface area contributed by atoms with Gasteiger partial charge in [0.15, 0.2) is 0 Å². The highest BCUT2D eigenvalue weighted by Gasteiger charge is 2.68. The number of rotatable bonds is 3. The molecule has 0 spiro atoms. The van der Waals surface area contributed by atoms with Crippen molar-refractivity contribution in [2.24, 2.45) is 34.5 Å². The standard InChI is InChI=1S/C30H52O5/c1-25(2)18-11-15-28(6,32)19(18)17-24-30(8,35-24)20(25)9-10-21-27(5)14-12-22(31)26(3,4)34-23(27)13-16-29(21,7)33/h18-24,31-33H,9-17H2,1-8H3/t18-,19-,20-,21-,22-,23?,24+,27-,28-,29+,30-/m1/s1. The molecule has 5 fully saturated rings. The molecule has 5 heteroatoms. The molecule has 11 atom stereocenters. The molecule has 2 aliphatic heterocycles. The number of aliphatic hydroxyl groups excluding tert-OH is 1. The van der Waals surface area contributed by atoms with Gasteiger partial charge in [0.05, 0.1) is 40.7 Å². The fourth-order valence-electron chi connectivity index (χ4n) is 9.93. The molecule has 3 saturated carbocycles. The minimum atomic E-state index is -0.743. The quantitative estimate of drug-likeness (QED) is 0.470. The fraction of sp³-hybridized carbons (Fsp3) is 1.00. The molecule has 2 heterocycles. The molecular formula is C30H52O5. The van der Waals surface area contributed by atoms with Gasteiger partial charge in [0, 0.05) is 0 Å². The van der Waals surface area contributed by atoms with Gasteiger partial charge in [0.25, 0.3) is 0 Å². The van der Waals surface area contributed by atoms with E-state index in [0.29, 0.717) is 24.2 Å². The first-order chi connectivity index (χ1) is 16.0. The summed E-state index contributed by atoms with van der Waals surface area (Å²) in [6.07, 6.45) is 7.86. The van der Waals surface area contributed by atoms with Gasteiger partial charge in [-0.1, -0.05) is 20.8 Å². The highest BCUT2D eigenvalue weighted by atomic mass is 16.6. The Labute approximate surface area is 213 Å². The molecule has 0 aromatic heterocycles. The van der Waals surface area contributed by atoms with E-state index in [1.165, 1.54) is 0 Å². The number of hydrogen-bond donors (Lipinski definition) is 3. The summed E-state index contributed by atoms with van der Waals surface area (Å²) in [4.78, 5) is 0. The predicted octanol–water partition coefficient (Wildman–Crippen LogP) is 5.23. The Hall–Kier alpha value is -0.200. The SMILES string of the molecule is CC1(C)OC2CC[C@](C)(O)[C@H](CC[C@@H]3C(C)(C)[C@@H]4CC[C@@](C)(O)[C@@H]4C[C@@H]4O[C@@]43C)[C@@]2(C)CC[C@H]1O. The van der Waals surface area contributed by atoms with Gasteiger partial charge in [-0.25, -0.2) is 0 Å². The first-order valence-corrected chi connectivity index (χ1v) is 14.4. The van der Waals surface area contributed by atoms with Gasteiger partial charge in [-0.2, -0.15) is 0 Å². The van der Waals surface area contributed by atoms with Crippen molar-refractivity contribution in [3.05, 3.63) is 0 Å². The summed E-state index contributed by atoms with van der Waals surface area (Å²) in [5.41, 5.74) is -2.14. The lowest BCUT2D eigenvalue weighted by Gasteiger charge is -2.55. The molecule has 0 radical (unpaired) electrons. The third kappa shape index (κ3) is 3.97. The molecule has 1 unspecified atom stereocenters. The lowest BCUT2D eigenvalue weighted by atomic mass is 9.55. The first kappa shape index (κ1) is 26.4. The van der Waals surface area contributed by atoms with Crippen LogP contribution in [0, 0.1) is 34.5 Å². The molecular weight excluding hydrogens is 440 g/mol. The maximum absolute atomic E-state index is 11.7. The van der Waals surface area contributed by atoms with E-state index in [1.54, 1.807) is 0 Å². The van der Waals surface area contributed by atoms with Crippen molar-refractivity contribution in [3.63, 3.8) is 0 Å². The van der Waals surface area contributed by atoms with Gasteiger partial charge in [0.1, 0.15) is 0 Å². The zero-order valence-electron chi connectivity index (χ0n) is 23.6. The number of ether oxygens (including phenoxy) is 2. The number of fused-ring (bicyclic) bond motifs is 3. The summed E-state index contributed by atoms with van der Waals surface area (Å²) in [5.74, 6) is 1.30. The van der Waals surface area contributed by atoms with E-state index < -0.39 is 22.9 Å². The second-order valence-corrected chi connectivity index (χ2v) is 15.3. The first-order valence-electron chi connectivity index (χ1n) is 14.4. The topological polar surface area (TPSA) is 82.5 Å². The minimum absolute atomic E-state index is 0.0526. The van der Waals surface area contributed by atoms with Crippen molar-refractivity contribution in [3.8, 4) is 0 Å². The lowest BCUT2D eigenvalue weighted by molar-refractivity contribution is -0.207. The van der Waals surface area contributed by atoms with Crippen molar-refractivity contribution in [2.45, 2.75) is 154 Å². The van der Waals surface area contributed by atoms with E-state index in [1.807, 2.05) is 27.7 Å². The van der Waals surface area contributed by atoms with E-state index in [-0.39, 0.29) is 34.6 Å². The van der Waals surface area contributed by atoms with Crippen LogP contribution in [0.2, 0.25) is 0 Å². The maximum Gasteiger partial charge on any atom is 0.0953 e. The molecule has 3 aliphatic carbocycles. The summed E-state index contributed by atoms with van der Waals surface area (Å²) in [5, 5.41) is 33.7. The molecule has 0 bridgehead atoms. The van der Waals surface area contributed by atoms with Crippen molar-refractivity contribution in [1.29, 1.82) is 0 Å². The second kappa shape index (κ2) is 7.91. The average molecular weight is 493 g/mol. The molecule has 0 aromatic rings. The third-order valence-corrected chi connectivity index (χ3v) is 12.4. The van der Waals surface area contributed by atoms with Crippen LogP contribution in [0.25, 0.3) is 0 Å². The van der Waals surface area contributed by atoms with Gasteiger partial charge in [-0.3, -0.25) is 0 Å². The monoisotopic (exact) mass is 492 g/mol. The molecule has 202 valence electrons. The van der Waals surface area contributed by atoms with Gasteiger partial charge in [-0.15, -0.1) is 0 Å². The van der Waals surface area contributed by atoms with Gasteiger partial charge >= 0.3 is 0 Å². The Morgan fingerprint density at radius 2 is 1.31 bits per heavy atom. The zero-order valence-corrected chi connectivity index (χ0v) is 23.6. The van der Waals surface area contributed by atoms with E-state index in [2.05, 4.69) is 27.7 Å². The molecule has 3 N–H and O–H groups in total. The van der Waals surface area contributed by atoms with Crippen molar-refractivity contribution in [2.75, 3.05) is 0 Å². The van der Waals surface area contributed by atoms with Crippen LogP contribution >= 0.6 is 0 Å². The molecule has 5 nitrogen and oxygen atoms in total. The molecule has 35 heavy (non-hydrogen) atoms. The summed E-state index contributed by atoms with van der Waals surface area (Å²) in [6, 6.07) is 0. The normalized spacial score (nSPS) is 56.8. The maximum atomic E-state index is 11.7. The zero-order chi connectivity index (χ0) is 25.8. The molecule has 5 aliphatic rings. The smallest absolute Gasteiger partial charge is 0.0953 e.